The van der Waals surface area contributed by atoms with Crippen LogP contribution < -0.4 is 11.0 Å². The van der Waals surface area contributed by atoms with Gasteiger partial charge in [-0.2, -0.15) is 5.10 Å². The van der Waals surface area contributed by atoms with Crippen LogP contribution in [0.15, 0.2) is 59.5 Å². The summed E-state index contributed by atoms with van der Waals surface area (Å²) in [5.74, 6) is -0.286. The van der Waals surface area contributed by atoms with Crippen molar-refractivity contribution in [2.75, 3.05) is 0 Å². The molecule has 0 aliphatic carbocycles. The van der Waals surface area contributed by atoms with Gasteiger partial charge in [-0.05, 0) is 35.9 Å². The number of benzene rings is 2. The molecule has 2 heterocycles. The van der Waals surface area contributed by atoms with Crippen molar-refractivity contribution < 1.29 is 9.18 Å². The van der Waals surface area contributed by atoms with Crippen LogP contribution in [0.3, 0.4) is 0 Å². The number of H-pyrrole nitrogens is 2. The Hall–Kier alpha value is -3.81. The number of aromatic nitrogens is 4. The molecule has 1 amide bonds. The zero-order valence-corrected chi connectivity index (χ0v) is 14.0. The Morgan fingerprint density at radius 3 is 2.81 bits per heavy atom. The fraction of sp³-hybridized carbons (Fsp3) is 0.0526. The molecule has 0 saturated heterocycles. The summed E-state index contributed by atoms with van der Waals surface area (Å²) in [6.07, 6.45) is 1.65. The first-order chi connectivity index (χ1) is 13.1. The first-order valence-electron chi connectivity index (χ1n) is 8.16. The van der Waals surface area contributed by atoms with Crippen LogP contribution in [0.1, 0.15) is 16.2 Å². The van der Waals surface area contributed by atoms with E-state index >= 15 is 0 Å². The van der Waals surface area contributed by atoms with Gasteiger partial charge in [0, 0.05) is 28.8 Å². The number of amides is 1. The average molecular weight is 363 g/mol. The molecule has 0 aliphatic rings. The summed E-state index contributed by atoms with van der Waals surface area (Å²) in [6.45, 7) is 0.102. The van der Waals surface area contributed by atoms with E-state index < -0.39 is 5.69 Å². The summed E-state index contributed by atoms with van der Waals surface area (Å²) in [4.78, 5) is 30.1. The van der Waals surface area contributed by atoms with E-state index in [2.05, 4.69) is 25.5 Å². The van der Waals surface area contributed by atoms with Gasteiger partial charge in [0.2, 0.25) is 0 Å². The largest absolute Gasteiger partial charge is 0.345 e. The van der Waals surface area contributed by atoms with Gasteiger partial charge >= 0.3 is 5.69 Å². The first kappa shape index (κ1) is 16.6. The molecular formula is C19H14FN5O2. The van der Waals surface area contributed by atoms with Crippen molar-refractivity contribution in [3.05, 3.63) is 82.4 Å². The quantitative estimate of drug-likeness (QED) is 0.518. The summed E-state index contributed by atoms with van der Waals surface area (Å²) in [5, 5.41) is 9.48. The van der Waals surface area contributed by atoms with Crippen LogP contribution in [0.2, 0.25) is 0 Å². The van der Waals surface area contributed by atoms with E-state index in [1.54, 1.807) is 30.5 Å². The van der Waals surface area contributed by atoms with Crippen LogP contribution in [-0.4, -0.2) is 26.1 Å². The zero-order valence-electron chi connectivity index (χ0n) is 14.0. The highest BCUT2D eigenvalue weighted by Crippen LogP contribution is 2.24. The Morgan fingerprint density at radius 2 is 2.00 bits per heavy atom. The van der Waals surface area contributed by atoms with Gasteiger partial charge in [-0.25, -0.2) is 14.3 Å². The van der Waals surface area contributed by atoms with Crippen molar-refractivity contribution in [3.63, 3.8) is 0 Å². The molecule has 4 aromatic rings. The molecule has 0 aliphatic heterocycles. The predicted octanol–water partition coefficient (Wildman–Crippen LogP) is 2.38. The van der Waals surface area contributed by atoms with E-state index in [1.165, 1.54) is 12.1 Å². The number of carbonyl (C=O) groups is 1. The molecule has 2 aromatic heterocycles. The Kier molecular flexibility index (Phi) is 4.21. The van der Waals surface area contributed by atoms with Crippen LogP contribution in [0.25, 0.3) is 22.0 Å². The van der Waals surface area contributed by atoms with E-state index in [1.807, 2.05) is 12.1 Å². The lowest BCUT2D eigenvalue weighted by Crippen LogP contribution is -2.23. The van der Waals surface area contributed by atoms with Crippen LogP contribution in [0.5, 0.6) is 0 Å². The molecule has 0 radical (unpaired) electrons. The molecular weight excluding hydrogens is 349 g/mol. The number of fused-ring (bicyclic) bond motifs is 1. The summed E-state index contributed by atoms with van der Waals surface area (Å²) in [6, 6.07) is 13.4. The predicted molar refractivity (Wildman–Crippen MR) is 97.5 cm³/mol. The van der Waals surface area contributed by atoms with Gasteiger partial charge in [0.05, 0.1) is 12.1 Å². The standard InChI is InChI=1S/C19H14FN5O2/c20-15-5-4-12-7-14(9-21-16(12)8-15)11-2-1-3-13(6-11)18(26)22-10-17-23-19(27)25-24-17/h1-9H,10H2,(H,22,26)(H2,23,24,25,27). The fourth-order valence-corrected chi connectivity index (χ4v) is 2.75. The van der Waals surface area contributed by atoms with E-state index in [0.29, 0.717) is 16.9 Å². The third-order valence-corrected chi connectivity index (χ3v) is 4.07. The second-order valence-electron chi connectivity index (χ2n) is 5.95. The van der Waals surface area contributed by atoms with Gasteiger partial charge in [-0.3, -0.25) is 14.8 Å². The minimum atomic E-state index is -0.426. The number of pyridine rings is 1. The highest BCUT2D eigenvalue weighted by molar-refractivity contribution is 5.95. The van der Waals surface area contributed by atoms with E-state index in [9.17, 15) is 14.0 Å². The average Bonchev–Trinajstić information content (AvgIpc) is 3.11. The minimum Gasteiger partial charge on any atom is -0.345 e. The lowest BCUT2D eigenvalue weighted by molar-refractivity contribution is 0.0950. The Balaban J connectivity index is 1.57. The second kappa shape index (κ2) is 6.83. The number of halogens is 1. The Bertz CT molecular complexity index is 1200. The number of carbonyl (C=O) groups excluding carboxylic acids is 1. The van der Waals surface area contributed by atoms with Gasteiger partial charge in [-0.15, -0.1) is 0 Å². The number of hydrogen-bond donors (Lipinski definition) is 3. The molecule has 2 aromatic carbocycles. The number of nitrogens with zero attached hydrogens (tertiary/aromatic N) is 2. The van der Waals surface area contributed by atoms with Crippen molar-refractivity contribution in [2.24, 2.45) is 0 Å². The number of aromatic amines is 2. The van der Waals surface area contributed by atoms with E-state index in [0.717, 1.165) is 16.5 Å². The maximum atomic E-state index is 13.3. The van der Waals surface area contributed by atoms with Crippen LogP contribution in [-0.2, 0) is 6.54 Å². The molecule has 4 rings (SSSR count). The monoisotopic (exact) mass is 363 g/mol. The molecule has 134 valence electrons. The maximum Gasteiger partial charge on any atom is 0.340 e. The molecule has 27 heavy (non-hydrogen) atoms. The van der Waals surface area contributed by atoms with Gasteiger partial charge in [0.1, 0.15) is 11.6 Å². The van der Waals surface area contributed by atoms with Crippen molar-refractivity contribution >= 4 is 16.8 Å². The van der Waals surface area contributed by atoms with Crippen LogP contribution in [0, 0.1) is 5.82 Å². The number of rotatable bonds is 4. The van der Waals surface area contributed by atoms with Gasteiger partial charge in [0.25, 0.3) is 5.91 Å². The maximum absolute atomic E-state index is 13.3. The summed E-state index contributed by atoms with van der Waals surface area (Å²) in [7, 11) is 0. The molecule has 0 fully saturated rings. The van der Waals surface area contributed by atoms with Crippen molar-refractivity contribution in [3.8, 4) is 11.1 Å². The second-order valence-corrected chi connectivity index (χ2v) is 5.95. The van der Waals surface area contributed by atoms with E-state index in [-0.39, 0.29) is 18.3 Å². The highest BCUT2D eigenvalue weighted by Gasteiger charge is 2.09. The highest BCUT2D eigenvalue weighted by atomic mass is 19.1. The molecule has 7 nitrogen and oxygen atoms in total. The minimum absolute atomic E-state index is 0.102. The van der Waals surface area contributed by atoms with Gasteiger partial charge < -0.3 is 5.32 Å². The number of hydrogen-bond acceptors (Lipinski definition) is 4. The summed E-state index contributed by atoms with van der Waals surface area (Å²) < 4.78 is 13.3. The normalized spacial score (nSPS) is 10.9. The Labute approximate surface area is 152 Å². The smallest absolute Gasteiger partial charge is 0.340 e. The SMILES string of the molecule is O=C(NCc1n[nH]c(=O)[nH]1)c1cccc(-c2cnc3cc(F)ccc3c2)c1. The van der Waals surface area contributed by atoms with E-state index in [4.69, 9.17) is 0 Å². The topological polar surface area (TPSA) is 104 Å². The molecule has 0 atom stereocenters. The first-order valence-corrected chi connectivity index (χ1v) is 8.16. The zero-order chi connectivity index (χ0) is 18.8. The lowest BCUT2D eigenvalue weighted by atomic mass is 10.0. The van der Waals surface area contributed by atoms with Crippen molar-refractivity contribution in [1.82, 2.24) is 25.5 Å². The fourth-order valence-electron chi connectivity index (χ4n) is 2.75. The third-order valence-electron chi connectivity index (χ3n) is 4.07. The van der Waals surface area contributed by atoms with Gasteiger partial charge in [0.15, 0.2) is 0 Å². The summed E-state index contributed by atoms with van der Waals surface area (Å²) in [5.41, 5.74) is 2.24. The van der Waals surface area contributed by atoms with Crippen molar-refractivity contribution in [2.45, 2.75) is 6.54 Å². The van der Waals surface area contributed by atoms with Gasteiger partial charge in [-0.1, -0.05) is 12.1 Å². The molecule has 8 heteroatoms. The summed E-state index contributed by atoms with van der Waals surface area (Å²) >= 11 is 0. The molecule has 0 saturated carbocycles. The lowest BCUT2D eigenvalue weighted by Gasteiger charge is -2.07. The molecule has 0 spiro atoms. The molecule has 0 unspecified atom stereocenters. The van der Waals surface area contributed by atoms with Crippen LogP contribution in [0.4, 0.5) is 4.39 Å². The van der Waals surface area contributed by atoms with Crippen LogP contribution >= 0.6 is 0 Å². The molecule has 3 N–H and O–H groups in total. The van der Waals surface area contributed by atoms with Crippen molar-refractivity contribution in [1.29, 1.82) is 0 Å². The third kappa shape index (κ3) is 3.59. The number of nitrogens with one attached hydrogen (secondary N) is 3. The molecule has 0 bridgehead atoms. The Morgan fingerprint density at radius 1 is 1.11 bits per heavy atom.